The summed E-state index contributed by atoms with van der Waals surface area (Å²) in [5.74, 6) is 0.452. The van der Waals surface area contributed by atoms with Crippen LogP contribution in [0.4, 0.5) is 10.4 Å². The summed E-state index contributed by atoms with van der Waals surface area (Å²) in [4.78, 5) is 4.38. The standard InChI is InChI=1S/C18H16FN3O2/c1-11-5-7-12(8-6-11)17-21-18(24-22-17)20-15-9-10-23-16-13(15)3-2-4-14(16)19/h2-8,15H,9-10H2,1H3,(H,20,21,22)/t15-/m0/s1. The number of para-hydroxylation sites is 1. The molecule has 2 aromatic carbocycles. The number of nitrogens with zero attached hydrogens (tertiary/aromatic N) is 2. The van der Waals surface area contributed by atoms with E-state index in [0.29, 0.717) is 30.6 Å². The molecular weight excluding hydrogens is 309 g/mol. The predicted octanol–water partition coefficient (Wildman–Crippen LogP) is 4.12. The lowest BCUT2D eigenvalue weighted by Gasteiger charge is -2.26. The molecule has 1 atom stereocenters. The number of ether oxygens (including phenoxy) is 1. The van der Waals surface area contributed by atoms with Gasteiger partial charge in [0.2, 0.25) is 5.82 Å². The summed E-state index contributed by atoms with van der Waals surface area (Å²) in [5, 5.41) is 7.18. The Morgan fingerprint density at radius 2 is 2.00 bits per heavy atom. The molecule has 0 bridgehead atoms. The highest BCUT2D eigenvalue weighted by Gasteiger charge is 2.25. The molecule has 1 aliphatic heterocycles. The SMILES string of the molecule is Cc1ccc(-c2noc(N[C@H]3CCOc4c(F)cccc43)n2)cc1. The summed E-state index contributed by atoms with van der Waals surface area (Å²) in [6, 6.07) is 13.0. The van der Waals surface area contributed by atoms with Gasteiger partial charge in [-0.15, -0.1) is 0 Å². The molecule has 0 saturated heterocycles. The van der Waals surface area contributed by atoms with Crippen molar-refractivity contribution >= 4 is 6.01 Å². The number of benzene rings is 2. The molecule has 0 saturated carbocycles. The van der Waals surface area contributed by atoms with Crippen LogP contribution in [0.1, 0.15) is 23.6 Å². The molecular formula is C18H16FN3O2. The summed E-state index contributed by atoms with van der Waals surface area (Å²) >= 11 is 0. The fourth-order valence-corrected chi connectivity index (χ4v) is 2.79. The predicted molar refractivity (Wildman–Crippen MR) is 87.3 cm³/mol. The molecule has 3 aromatic rings. The quantitative estimate of drug-likeness (QED) is 0.785. The summed E-state index contributed by atoms with van der Waals surface area (Å²) in [6.45, 7) is 2.46. The Morgan fingerprint density at radius 3 is 2.83 bits per heavy atom. The Bertz CT molecular complexity index is 861. The number of nitrogens with one attached hydrogen (secondary N) is 1. The number of hydrogen-bond acceptors (Lipinski definition) is 5. The monoisotopic (exact) mass is 325 g/mol. The number of anilines is 1. The fourth-order valence-electron chi connectivity index (χ4n) is 2.79. The third kappa shape index (κ3) is 2.71. The summed E-state index contributed by atoms with van der Waals surface area (Å²) in [6.07, 6.45) is 0.693. The average Bonchev–Trinajstić information content (AvgIpc) is 3.05. The van der Waals surface area contributed by atoms with Crippen molar-refractivity contribution in [2.24, 2.45) is 0 Å². The zero-order valence-corrected chi connectivity index (χ0v) is 13.1. The highest BCUT2D eigenvalue weighted by molar-refractivity contribution is 5.56. The lowest BCUT2D eigenvalue weighted by atomic mass is 10.0. The molecule has 24 heavy (non-hydrogen) atoms. The van der Waals surface area contributed by atoms with Crippen LogP contribution in [0.5, 0.6) is 5.75 Å². The van der Waals surface area contributed by atoms with Gasteiger partial charge in [-0.05, 0) is 13.0 Å². The Hall–Kier alpha value is -2.89. The van der Waals surface area contributed by atoms with Gasteiger partial charge in [0.25, 0.3) is 0 Å². The third-order valence-corrected chi connectivity index (χ3v) is 4.06. The van der Waals surface area contributed by atoms with Crippen LogP contribution < -0.4 is 10.1 Å². The van der Waals surface area contributed by atoms with Gasteiger partial charge in [0.15, 0.2) is 11.6 Å². The first kappa shape index (κ1) is 14.7. The molecule has 0 radical (unpaired) electrons. The normalized spacial score (nSPS) is 16.3. The van der Waals surface area contributed by atoms with Gasteiger partial charge in [0.1, 0.15) is 0 Å². The molecule has 0 amide bonds. The van der Waals surface area contributed by atoms with Crippen molar-refractivity contribution < 1.29 is 13.7 Å². The lowest BCUT2D eigenvalue weighted by molar-refractivity contribution is 0.258. The zero-order chi connectivity index (χ0) is 16.5. The zero-order valence-electron chi connectivity index (χ0n) is 13.1. The second-order valence-electron chi connectivity index (χ2n) is 5.78. The van der Waals surface area contributed by atoms with Crippen molar-refractivity contribution in [2.45, 2.75) is 19.4 Å². The maximum Gasteiger partial charge on any atom is 0.322 e. The maximum absolute atomic E-state index is 13.8. The van der Waals surface area contributed by atoms with Crippen LogP contribution in [0.2, 0.25) is 0 Å². The molecule has 4 rings (SSSR count). The minimum atomic E-state index is -0.357. The van der Waals surface area contributed by atoms with E-state index in [9.17, 15) is 4.39 Å². The Labute approximate surface area is 138 Å². The molecule has 0 fully saturated rings. The summed E-state index contributed by atoms with van der Waals surface area (Å²) in [5.41, 5.74) is 2.81. The summed E-state index contributed by atoms with van der Waals surface area (Å²) < 4.78 is 24.6. The van der Waals surface area contributed by atoms with Crippen LogP contribution in [-0.2, 0) is 0 Å². The van der Waals surface area contributed by atoms with Crippen LogP contribution in [0.25, 0.3) is 11.4 Å². The van der Waals surface area contributed by atoms with Crippen molar-refractivity contribution in [2.75, 3.05) is 11.9 Å². The van der Waals surface area contributed by atoms with E-state index in [1.807, 2.05) is 37.3 Å². The molecule has 0 unspecified atom stereocenters. The van der Waals surface area contributed by atoms with E-state index in [1.165, 1.54) is 11.6 Å². The number of fused-ring (bicyclic) bond motifs is 1. The van der Waals surface area contributed by atoms with Gasteiger partial charge in [-0.25, -0.2) is 4.39 Å². The van der Waals surface area contributed by atoms with E-state index in [2.05, 4.69) is 15.5 Å². The molecule has 122 valence electrons. The van der Waals surface area contributed by atoms with Crippen LogP contribution in [0.3, 0.4) is 0 Å². The second kappa shape index (κ2) is 5.96. The Kier molecular flexibility index (Phi) is 3.65. The molecule has 1 N–H and O–H groups in total. The summed E-state index contributed by atoms with van der Waals surface area (Å²) in [7, 11) is 0. The fraction of sp³-hybridized carbons (Fsp3) is 0.222. The van der Waals surface area contributed by atoms with Crippen LogP contribution >= 0.6 is 0 Å². The first-order valence-corrected chi connectivity index (χ1v) is 7.79. The van der Waals surface area contributed by atoms with Gasteiger partial charge in [0, 0.05) is 17.5 Å². The molecule has 1 aliphatic rings. The topological polar surface area (TPSA) is 60.2 Å². The number of rotatable bonds is 3. The van der Waals surface area contributed by atoms with Gasteiger partial charge in [-0.1, -0.05) is 47.1 Å². The van der Waals surface area contributed by atoms with Crippen molar-refractivity contribution in [3.05, 3.63) is 59.4 Å². The van der Waals surface area contributed by atoms with Crippen LogP contribution in [-0.4, -0.2) is 16.7 Å². The smallest absolute Gasteiger partial charge is 0.322 e. The van der Waals surface area contributed by atoms with Crippen molar-refractivity contribution in [3.8, 4) is 17.1 Å². The molecule has 6 heteroatoms. The molecule has 1 aromatic heterocycles. The van der Waals surface area contributed by atoms with Crippen molar-refractivity contribution in [1.29, 1.82) is 0 Å². The maximum atomic E-state index is 13.8. The van der Waals surface area contributed by atoms with Crippen LogP contribution in [0, 0.1) is 12.7 Å². The minimum absolute atomic E-state index is 0.129. The van der Waals surface area contributed by atoms with Crippen LogP contribution in [0.15, 0.2) is 47.0 Å². The highest BCUT2D eigenvalue weighted by Crippen LogP contribution is 2.36. The van der Waals surface area contributed by atoms with E-state index >= 15 is 0 Å². The van der Waals surface area contributed by atoms with Crippen molar-refractivity contribution in [3.63, 3.8) is 0 Å². The molecule has 5 nitrogen and oxygen atoms in total. The minimum Gasteiger partial charge on any atom is -0.490 e. The van der Waals surface area contributed by atoms with Gasteiger partial charge in [-0.3, -0.25) is 0 Å². The van der Waals surface area contributed by atoms with E-state index in [1.54, 1.807) is 6.07 Å². The molecule has 2 heterocycles. The van der Waals surface area contributed by atoms with E-state index in [0.717, 1.165) is 11.1 Å². The van der Waals surface area contributed by atoms with E-state index < -0.39 is 0 Å². The Morgan fingerprint density at radius 1 is 1.17 bits per heavy atom. The van der Waals surface area contributed by atoms with Gasteiger partial charge in [-0.2, -0.15) is 4.98 Å². The number of aryl methyl sites for hydroxylation is 1. The van der Waals surface area contributed by atoms with E-state index in [4.69, 9.17) is 9.26 Å². The Balaban J connectivity index is 1.57. The number of halogens is 1. The van der Waals surface area contributed by atoms with E-state index in [-0.39, 0.29) is 11.9 Å². The van der Waals surface area contributed by atoms with Gasteiger partial charge in [0.05, 0.1) is 12.6 Å². The van der Waals surface area contributed by atoms with Gasteiger partial charge < -0.3 is 14.6 Å². The highest BCUT2D eigenvalue weighted by atomic mass is 19.1. The average molecular weight is 325 g/mol. The lowest BCUT2D eigenvalue weighted by Crippen LogP contribution is -2.21. The van der Waals surface area contributed by atoms with Gasteiger partial charge >= 0.3 is 6.01 Å². The molecule has 0 spiro atoms. The first-order chi connectivity index (χ1) is 11.7. The number of aromatic nitrogens is 2. The van der Waals surface area contributed by atoms with Crippen molar-refractivity contribution in [1.82, 2.24) is 10.1 Å². The number of hydrogen-bond donors (Lipinski definition) is 1. The third-order valence-electron chi connectivity index (χ3n) is 4.06. The molecule has 0 aliphatic carbocycles. The first-order valence-electron chi connectivity index (χ1n) is 7.79. The largest absolute Gasteiger partial charge is 0.490 e. The second-order valence-corrected chi connectivity index (χ2v) is 5.78.